The maximum absolute atomic E-state index is 13.1. The van der Waals surface area contributed by atoms with Crippen LogP contribution in [0.25, 0.3) is 0 Å². The van der Waals surface area contributed by atoms with Gasteiger partial charge in [-0.2, -0.15) is 0 Å². The van der Waals surface area contributed by atoms with E-state index in [2.05, 4.69) is 66.3 Å². The molecule has 0 spiro atoms. The zero-order valence-electron chi connectivity index (χ0n) is 18.4. The molecule has 0 aliphatic rings. The van der Waals surface area contributed by atoms with Crippen LogP contribution >= 0.6 is 27.3 Å². The van der Waals surface area contributed by atoms with Gasteiger partial charge in [-0.15, -0.1) is 11.3 Å². The summed E-state index contributed by atoms with van der Waals surface area (Å²) in [6, 6.07) is 20.2. The predicted molar refractivity (Wildman–Crippen MR) is 136 cm³/mol. The number of alkyl halides is 1. The average molecular weight is 533 g/mol. The number of hydrogen-bond acceptors (Lipinski definition) is 5. The van der Waals surface area contributed by atoms with Crippen LogP contribution in [0.3, 0.4) is 0 Å². The lowest BCUT2D eigenvalue weighted by Gasteiger charge is -2.43. The van der Waals surface area contributed by atoms with E-state index in [1.54, 1.807) is 10.8 Å². The molecule has 1 amide bonds. The molecule has 0 fully saturated rings. The number of carbonyl (C=O) groups excluding carboxylic acids is 2. The molecular formula is C24H26BrNO4SSi. The molecular weight excluding hydrogens is 506 g/mol. The maximum Gasteiger partial charge on any atom is 0.340 e. The van der Waals surface area contributed by atoms with Gasteiger partial charge in [0.1, 0.15) is 0 Å². The molecule has 1 N–H and O–H groups in total. The zero-order chi connectivity index (χ0) is 23.4. The van der Waals surface area contributed by atoms with Crippen LogP contribution in [0.5, 0.6) is 0 Å². The van der Waals surface area contributed by atoms with Gasteiger partial charge in [0.05, 0.1) is 18.4 Å². The van der Waals surface area contributed by atoms with Crippen LogP contribution in [-0.2, 0) is 14.0 Å². The SMILES string of the molecule is COC(=O)c1cscc1NC(=O)C(Br)O[Si](c1ccccc1)(c1ccccc1)C(C)(C)C. The summed E-state index contributed by atoms with van der Waals surface area (Å²) in [6.45, 7) is 6.43. The number of ether oxygens (including phenoxy) is 1. The molecule has 1 atom stereocenters. The first kappa shape index (κ1) is 24.4. The monoisotopic (exact) mass is 531 g/mol. The minimum Gasteiger partial charge on any atom is -0.465 e. The normalized spacial score (nSPS) is 12.8. The Morgan fingerprint density at radius 2 is 1.50 bits per heavy atom. The van der Waals surface area contributed by atoms with Crippen LogP contribution < -0.4 is 15.7 Å². The molecule has 1 unspecified atom stereocenters. The van der Waals surface area contributed by atoms with Crippen LogP contribution in [0.4, 0.5) is 5.69 Å². The summed E-state index contributed by atoms with van der Waals surface area (Å²) in [7, 11) is -1.60. The Morgan fingerprint density at radius 1 is 0.969 bits per heavy atom. The van der Waals surface area contributed by atoms with Crippen LogP contribution in [0.15, 0.2) is 71.4 Å². The molecule has 0 saturated carbocycles. The number of nitrogens with one attached hydrogen (secondary N) is 1. The number of amides is 1. The predicted octanol–water partition coefficient (Wildman–Crippen LogP) is 4.77. The van der Waals surface area contributed by atoms with E-state index in [-0.39, 0.29) is 10.9 Å². The lowest BCUT2D eigenvalue weighted by atomic mass is 10.2. The topological polar surface area (TPSA) is 64.6 Å². The van der Waals surface area contributed by atoms with Crippen molar-refractivity contribution in [3.63, 3.8) is 0 Å². The van der Waals surface area contributed by atoms with Crippen molar-refractivity contribution in [3.05, 3.63) is 77.0 Å². The Bertz CT molecular complexity index is 1030. The van der Waals surface area contributed by atoms with Gasteiger partial charge < -0.3 is 14.5 Å². The third kappa shape index (κ3) is 4.88. The smallest absolute Gasteiger partial charge is 0.340 e. The summed E-state index contributed by atoms with van der Waals surface area (Å²) >= 11 is 4.79. The van der Waals surface area contributed by atoms with Gasteiger partial charge in [-0.25, -0.2) is 4.79 Å². The summed E-state index contributed by atoms with van der Waals surface area (Å²) in [6.07, 6.45) is 0. The van der Waals surface area contributed by atoms with E-state index in [0.717, 1.165) is 10.4 Å². The largest absolute Gasteiger partial charge is 0.465 e. The highest BCUT2D eigenvalue weighted by atomic mass is 79.9. The second-order valence-electron chi connectivity index (χ2n) is 8.28. The van der Waals surface area contributed by atoms with E-state index in [1.807, 2.05) is 36.4 Å². The summed E-state index contributed by atoms with van der Waals surface area (Å²) in [5.74, 6) is -0.887. The van der Waals surface area contributed by atoms with Crippen LogP contribution in [0.2, 0.25) is 5.04 Å². The summed E-state index contributed by atoms with van der Waals surface area (Å²) in [5.41, 5.74) is 0.721. The molecule has 3 aromatic rings. The molecule has 0 bridgehead atoms. The fraction of sp³-hybridized carbons (Fsp3) is 0.250. The number of hydrogen-bond donors (Lipinski definition) is 1. The first-order valence-electron chi connectivity index (χ1n) is 10.1. The summed E-state index contributed by atoms with van der Waals surface area (Å²) in [4.78, 5) is 25.1. The number of carbonyl (C=O) groups is 2. The Balaban J connectivity index is 1.99. The number of esters is 1. The molecule has 0 aliphatic carbocycles. The van der Waals surface area contributed by atoms with Crippen molar-refractivity contribution in [2.45, 2.75) is 30.8 Å². The molecule has 0 saturated heterocycles. The molecule has 1 aromatic heterocycles. The van der Waals surface area contributed by atoms with Gasteiger partial charge in [0.25, 0.3) is 14.2 Å². The molecule has 3 rings (SSSR count). The van der Waals surface area contributed by atoms with Gasteiger partial charge in [-0.05, 0) is 31.3 Å². The standard InChI is InChI=1S/C24H26BrNO4SSi/c1-24(2,3)32(17-11-7-5-8-12-17,18-13-9-6-10-14-18)30-21(25)22(27)26-20-16-31-15-19(20)23(28)29-4/h5-16,21H,1-4H3,(H,26,27). The second kappa shape index (κ2) is 10.1. The van der Waals surface area contributed by atoms with Gasteiger partial charge in [0.15, 0.2) is 5.01 Å². The van der Waals surface area contributed by atoms with Crippen molar-refractivity contribution >= 4 is 63.5 Å². The maximum atomic E-state index is 13.1. The number of benzene rings is 2. The van der Waals surface area contributed by atoms with Gasteiger partial charge in [-0.1, -0.05) is 81.4 Å². The highest BCUT2D eigenvalue weighted by Crippen LogP contribution is 2.38. The Morgan fingerprint density at radius 3 is 1.97 bits per heavy atom. The lowest BCUT2D eigenvalue weighted by Crippen LogP contribution is -2.68. The number of anilines is 1. The fourth-order valence-electron chi connectivity index (χ4n) is 3.75. The third-order valence-electron chi connectivity index (χ3n) is 5.23. The molecule has 8 heteroatoms. The third-order valence-corrected chi connectivity index (χ3v) is 11.9. The molecule has 32 heavy (non-hydrogen) atoms. The average Bonchev–Trinajstić information content (AvgIpc) is 3.25. The van der Waals surface area contributed by atoms with E-state index in [4.69, 9.17) is 9.16 Å². The van der Waals surface area contributed by atoms with E-state index < -0.39 is 19.3 Å². The summed E-state index contributed by atoms with van der Waals surface area (Å²) < 4.78 is 11.5. The number of methoxy groups -OCH3 is 1. The quantitative estimate of drug-likeness (QED) is 0.271. The lowest BCUT2D eigenvalue weighted by molar-refractivity contribution is -0.119. The first-order chi connectivity index (χ1) is 15.2. The van der Waals surface area contributed by atoms with Gasteiger partial charge in [0.2, 0.25) is 0 Å². The van der Waals surface area contributed by atoms with E-state index in [9.17, 15) is 9.59 Å². The zero-order valence-corrected chi connectivity index (χ0v) is 21.8. The number of thiophene rings is 1. The van der Waals surface area contributed by atoms with Gasteiger partial charge in [-0.3, -0.25) is 4.79 Å². The van der Waals surface area contributed by atoms with Crippen molar-refractivity contribution < 1.29 is 18.8 Å². The summed E-state index contributed by atoms with van der Waals surface area (Å²) in [5, 5.41) is 7.09. The first-order valence-corrected chi connectivity index (χ1v) is 13.9. The van der Waals surface area contributed by atoms with Gasteiger partial charge >= 0.3 is 5.97 Å². The minimum atomic E-state index is -2.92. The molecule has 168 valence electrons. The van der Waals surface area contributed by atoms with Crippen molar-refractivity contribution in [2.75, 3.05) is 12.4 Å². The Labute approximate surface area is 202 Å². The molecule has 0 aliphatic heterocycles. The van der Waals surface area contributed by atoms with E-state index in [1.165, 1.54) is 18.4 Å². The molecule has 2 aromatic carbocycles. The minimum absolute atomic E-state index is 0.276. The van der Waals surface area contributed by atoms with Crippen molar-refractivity contribution in [1.29, 1.82) is 0 Å². The Kier molecular flexibility index (Phi) is 7.71. The number of halogens is 1. The van der Waals surface area contributed by atoms with Crippen LogP contribution in [0, 0.1) is 0 Å². The van der Waals surface area contributed by atoms with Crippen LogP contribution in [-0.4, -0.2) is 32.3 Å². The van der Waals surface area contributed by atoms with Gasteiger partial charge in [0, 0.05) is 10.8 Å². The highest BCUT2D eigenvalue weighted by molar-refractivity contribution is 9.09. The van der Waals surface area contributed by atoms with E-state index >= 15 is 0 Å². The second-order valence-corrected chi connectivity index (χ2v) is 14.1. The Hall–Kier alpha value is -2.26. The fourth-order valence-corrected chi connectivity index (χ4v) is 9.89. The highest BCUT2D eigenvalue weighted by Gasteiger charge is 2.52. The van der Waals surface area contributed by atoms with Crippen molar-refractivity contribution in [3.8, 4) is 0 Å². The number of rotatable bonds is 7. The van der Waals surface area contributed by atoms with Crippen LogP contribution in [0.1, 0.15) is 31.1 Å². The van der Waals surface area contributed by atoms with E-state index in [0.29, 0.717) is 11.3 Å². The molecule has 1 heterocycles. The molecule has 5 nitrogen and oxygen atoms in total. The molecule has 0 radical (unpaired) electrons. The van der Waals surface area contributed by atoms with Crippen molar-refractivity contribution in [2.24, 2.45) is 0 Å². The van der Waals surface area contributed by atoms with Crippen molar-refractivity contribution in [1.82, 2.24) is 0 Å².